The van der Waals surface area contributed by atoms with E-state index in [4.69, 9.17) is 5.11 Å². The molecule has 0 spiro atoms. The van der Waals surface area contributed by atoms with E-state index in [1.807, 2.05) is 24.3 Å². The van der Waals surface area contributed by atoms with Crippen molar-refractivity contribution in [3.05, 3.63) is 35.4 Å². The molecular formula is C17H23NO3. The minimum absolute atomic E-state index is 0.00661. The summed E-state index contributed by atoms with van der Waals surface area (Å²) in [5, 5.41) is 12.0. The maximum Gasteiger partial charge on any atom is 0.305 e. The minimum Gasteiger partial charge on any atom is -0.481 e. The van der Waals surface area contributed by atoms with Crippen LogP contribution >= 0.6 is 0 Å². The van der Waals surface area contributed by atoms with Crippen LogP contribution in [0.5, 0.6) is 0 Å². The van der Waals surface area contributed by atoms with Gasteiger partial charge in [-0.05, 0) is 37.0 Å². The largest absolute Gasteiger partial charge is 0.481 e. The summed E-state index contributed by atoms with van der Waals surface area (Å²) >= 11 is 0. The second-order valence-electron chi connectivity index (χ2n) is 5.96. The van der Waals surface area contributed by atoms with Gasteiger partial charge in [0, 0.05) is 5.56 Å². The number of amides is 1. The highest BCUT2D eigenvalue weighted by atomic mass is 16.4. The Morgan fingerprint density at radius 3 is 2.33 bits per heavy atom. The van der Waals surface area contributed by atoms with Gasteiger partial charge >= 0.3 is 5.97 Å². The number of carbonyl (C=O) groups is 2. The lowest BCUT2D eigenvalue weighted by Gasteiger charge is -2.28. The molecule has 2 N–H and O–H groups in total. The van der Waals surface area contributed by atoms with Crippen LogP contribution in [-0.2, 0) is 11.2 Å². The van der Waals surface area contributed by atoms with E-state index in [9.17, 15) is 9.59 Å². The molecular weight excluding hydrogens is 266 g/mol. The average Bonchev–Trinajstić information content (AvgIpc) is 2.87. The van der Waals surface area contributed by atoms with Gasteiger partial charge in [-0.3, -0.25) is 9.59 Å². The summed E-state index contributed by atoms with van der Waals surface area (Å²) < 4.78 is 0. The van der Waals surface area contributed by atoms with E-state index in [0.717, 1.165) is 38.5 Å². The third kappa shape index (κ3) is 4.06. The molecule has 0 saturated heterocycles. The number of benzene rings is 1. The molecule has 0 heterocycles. The molecule has 0 aromatic heterocycles. The molecule has 0 unspecified atom stereocenters. The zero-order valence-electron chi connectivity index (χ0n) is 12.5. The van der Waals surface area contributed by atoms with Crippen molar-refractivity contribution in [1.82, 2.24) is 5.32 Å². The lowest BCUT2D eigenvalue weighted by molar-refractivity contribution is -0.138. The average molecular weight is 289 g/mol. The van der Waals surface area contributed by atoms with E-state index >= 15 is 0 Å². The Bertz CT molecular complexity index is 501. The highest BCUT2D eigenvalue weighted by Crippen LogP contribution is 2.33. The van der Waals surface area contributed by atoms with Crippen LogP contribution in [0, 0.1) is 0 Å². The molecule has 4 nitrogen and oxygen atoms in total. The van der Waals surface area contributed by atoms with Gasteiger partial charge in [0.2, 0.25) is 0 Å². The van der Waals surface area contributed by atoms with Crippen molar-refractivity contribution in [2.75, 3.05) is 0 Å². The van der Waals surface area contributed by atoms with Crippen molar-refractivity contribution in [2.45, 2.75) is 57.4 Å². The van der Waals surface area contributed by atoms with Crippen LogP contribution in [0.4, 0.5) is 0 Å². The van der Waals surface area contributed by atoms with Crippen LogP contribution in [0.25, 0.3) is 0 Å². The highest BCUT2D eigenvalue weighted by molar-refractivity contribution is 5.95. The summed E-state index contributed by atoms with van der Waals surface area (Å²) in [5.74, 6) is -1.02. The number of aryl methyl sites for hydroxylation is 1. The Morgan fingerprint density at radius 1 is 1.19 bits per heavy atom. The molecule has 114 valence electrons. The predicted molar refractivity (Wildman–Crippen MR) is 81.4 cm³/mol. The molecule has 2 rings (SSSR count). The first-order valence-corrected chi connectivity index (χ1v) is 7.68. The Balaban J connectivity index is 2.06. The molecule has 1 amide bonds. The zero-order valence-corrected chi connectivity index (χ0v) is 12.5. The quantitative estimate of drug-likeness (QED) is 0.845. The lowest BCUT2D eigenvalue weighted by atomic mass is 9.92. The van der Waals surface area contributed by atoms with Crippen molar-refractivity contribution in [3.63, 3.8) is 0 Å². The molecule has 0 radical (unpaired) electrons. The van der Waals surface area contributed by atoms with Crippen molar-refractivity contribution in [2.24, 2.45) is 0 Å². The zero-order chi connectivity index (χ0) is 15.3. The second-order valence-corrected chi connectivity index (χ2v) is 5.96. The van der Waals surface area contributed by atoms with Crippen molar-refractivity contribution in [1.29, 1.82) is 0 Å². The van der Waals surface area contributed by atoms with Crippen LogP contribution in [0.2, 0.25) is 0 Å². The Labute approximate surface area is 125 Å². The lowest BCUT2D eigenvalue weighted by Crippen LogP contribution is -2.47. The first-order chi connectivity index (χ1) is 10.0. The van der Waals surface area contributed by atoms with Gasteiger partial charge in [0.1, 0.15) is 0 Å². The Kier molecular flexibility index (Phi) is 4.99. The van der Waals surface area contributed by atoms with Gasteiger partial charge in [0.25, 0.3) is 5.91 Å². The number of carbonyl (C=O) groups excluding carboxylic acids is 1. The summed E-state index contributed by atoms with van der Waals surface area (Å²) in [6.07, 6.45) is 5.54. The molecule has 1 aromatic carbocycles. The maximum atomic E-state index is 12.4. The van der Waals surface area contributed by atoms with Crippen molar-refractivity contribution < 1.29 is 14.7 Å². The number of hydrogen-bond acceptors (Lipinski definition) is 2. The van der Waals surface area contributed by atoms with Crippen molar-refractivity contribution in [3.8, 4) is 0 Å². The van der Waals surface area contributed by atoms with Gasteiger partial charge in [0.15, 0.2) is 0 Å². The number of hydrogen-bond donors (Lipinski definition) is 2. The van der Waals surface area contributed by atoms with E-state index in [1.165, 1.54) is 5.56 Å². The normalized spacial score (nSPS) is 16.6. The summed E-state index contributed by atoms with van der Waals surface area (Å²) in [4.78, 5) is 23.4. The highest BCUT2D eigenvalue weighted by Gasteiger charge is 2.37. The first kappa shape index (κ1) is 15.5. The number of carboxylic acid groups (broad SMARTS) is 1. The van der Waals surface area contributed by atoms with E-state index < -0.39 is 11.5 Å². The molecule has 1 aliphatic rings. The molecule has 21 heavy (non-hydrogen) atoms. The standard InChI is InChI=1S/C17H23NO3/c1-2-5-13-6-8-14(9-7-13)16(21)18-17(12-15(19)20)10-3-4-11-17/h6-9H,2-5,10-12H2,1H3,(H,18,21)(H,19,20). The van der Waals surface area contributed by atoms with Crippen LogP contribution in [0.1, 0.15) is 61.4 Å². The topological polar surface area (TPSA) is 66.4 Å². The van der Waals surface area contributed by atoms with E-state index in [1.54, 1.807) is 0 Å². The summed E-state index contributed by atoms with van der Waals surface area (Å²) in [7, 11) is 0. The number of rotatable bonds is 6. The van der Waals surface area contributed by atoms with E-state index in [2.05, 4.69) is 12.2 Å². The molecule has 0 aliphatic heterocycles. The van der Waals surface area contributed by atoms with Gasteiger partial charge < -0.3 is 10.4 Å². The monoisotopic (exact) mass is 289 g/mol. The fourth-order valence-corrected chi connectivity index (χ4v) is 3.11. The summed E-state index contributed by atoms with van der Waals surface area (Å²) in [5.41, 5.74) is 1.26. The molecule has 0 atom stereocenters. The molecule has 1 aliphatic carbocycles. The van der Waals surface area contributed by atoms with E-state index in [-0.39, 0.29) is 12.3 Å². The Hall–Kier alpha value is -1.84. The molecule has 1 saturated carbocycles. The molecule has 1 fully saturated rings. The maximum absolute atomic E-state index is 12.4. The van der Waals surface area contributed by atoms with Gasteiger partial charge in [0.05, 0.1) is 12.0 Å². The Morgan fingerprint density at radius 2 is 1.81 bits per heavy atom. The third-order valence-corrected chi connectivity index (χ3v) is 4.18. The molecule has 0 bridgehead atoms. The third-order valence-electron chi connectivity index (χ3n) is 4.18. The molecule has 1 aromatic rings. The van der Waals surface area contributed by atoms with E-state index in [0.29, 0.717) is 5.56 Å². The van der Waals surface area contributed by atoms with Gasteiger partial charge in [-0.25, -0.2) is 0 Å². The number of aliphatic carboxylic acids is 1. The molecule has 4 heteroatoms. The van der Waals surface area contributed by atoms with Crippen LogP contribution in [0.3, 0.4) is 0 Å². The fourth-order valence-electron chi connectivity index (χ4n) is 3.11. The van der Waals surface area contributed by atoms with Crippen LogP contribution < -0.4 is 5.32 Å². The fraction of sp³-hybridized carbons (Fsp3) is 0.529. The smallest absolute Gasteiger partial charge is 0.305 e. The minimum atomic E-state index is -0.851. The van der Waals surface area contributed by atoms with Crippen LogP contribution in [0.15, 0.2) is 24.3 Å². The van der Waals surface area contributed by atoms with Gasteiger partial charge in [-0.15, -0.1) is 0 Å². The summed E-state index contributed by atoms with van der Waals surface area (Å²) in [6.45, 7) is 2.12. The first-order valence-electron chi connectivity index (χ1n) is 7.68. The second kappa shape index (κ2) is 6.74. The van der Waals surface area contributed by atoms with Crippen molar-refractivity contribution >= 4 is 11.9 Å². The van der Waals surface area contributed by atoms with Crippen LogP contribution in [-0.4, -0.2) is 22.5 Å². The van der Waals surface area contributed by atoms with Gasteiger partial charge in [-0.1, -0.05) is 38.3 Å². The predicted octanol–water partition coefficient (Wildman–Crippen LogP) is 3.16. The summed E-state index contributed by atoms with van der Waals surface area (Å²) in [6, 6.07) is 7.58. The number of nitrogens with one attached hydrogen (secondary N) is 1. The SMILES string of the molecule is CCCc1ccc(C(=O)NC2(CC(=O)O)CCCC2)cc1. The number of carboxylic acids is 1. The van der Waals surface area contributed by atoms with Gasteiger partial charge in [-0.2, -0.15) is 0 Å².